The van der Waals surface area contributed by atoms with Gasteiger partial charge in [-0.05, 0) is 43.9 Å². The van der Waals surface area contributed by atoms with Gasteiger partial charge in [0.2, 0.25) is 0 Å². The fourth-order valence-electron chi connectivity index (χ4n) is 4.25. The molecule has 4 atom stereocenters. The van der Waals surface area contributed by atoms with Crippen molar-refractivity contribution in [2.24, 2.45) is 17.8 Å². The molecule has 0 aromatic rings. The van der Waals surface area contributed by atoms with Crippen molar-refractivity contribution >= 4 is 11.8 Å². The van der Waals surface area contributed by atoms with Gasteiger partial charge in [-0.3, -0.25) is 9.59 Å². The number of rotatable bonds is 14. The first kappa shape index (κ1) is 24.0. The molecule has 2 N–H and O–H groups in total. The van der Waals surface area contributed by atoms with E-state index in [0.717, 1.165) is 25.7 Å². The highest BCUT2D eigenvalue weighted by atomic mass is 19.3. The van der Waals surface area contributed by atoms with Crippen LogP contribution in [-0.4, -0.2) is 34.0 Å². The SMILES string of the molecule is CCCCC(F)(F)C(O)CC[C@H]1[C@H](C)CC(=O)[C@@H]1CCCCCCC(=O)O. The number of halogens is 2. The summed E-state index contributed by atoms with van der Waals surface area (Å²) in [4.78, 5) is 22.8. The average molecular weight is 391 g/mol. The van der Waals surface area contributed by atoms with Crippen LogP contribution in [0.1, 0.15) is 90.9 Å². The van der Waals surface area contributed by atoms with Gasteiger partial charge in [-0.1, -0.05) is 39.5 Å². The van der Waals surface area contributed by atoms with Gasteiger partial charge in [-0.2, -0.15) is 0 Å². The van der Waals surface area contributed by atoms with E-state index in [2.05, 4.69) is 0 Å². The molecule has 0 spiro atoms. The van der Waals surface area contributed by atoms with Gasteiger partial charge < -0.3 is 10.2 Å². The van der Waals surface area contributed by atoms with Gasteiger partial charge >= 0.3 is 5.97 Å². The molecule has 0 heterocycles. The minimum absolute atomic E-state index is 0.0358. The highest BCUT2D eigenvalue weighted by molar-refractivity contribution is 5.83. The Morgan fingerprint density at radius 3 is 2.48 bits per heavy atom. The van der Waals surface area contributed by atoms with Gasteiger partial charge in [0.15, 0.2) is 0 Å². The average Bonchev–Trinajstić information content (AvgIpc) is 2.86. The molecule has 0 saturated heterocycles. The van der Waals surface area contributed by atoms with Crippen molar-refractivity contribution in [3.05, 3.63) is 0 Å². The van der Waals surface area contributed by atoms with Crippen LogP contribution in [0.4, 0.5) is 8.78 Å². The van der Waals surface area contributed by atoms with E-state index in [4.69, 9.17) is 5.11 Å². The second kappa shape index (κ2) is 11.7. The lowest BCUT2D eigenvalue weighted by Crippen LogP contribution is -2.34. The number of hydrogen-bond donors (Lipinski definition) is 2. The number of aliphatic carboxylic acids is 1. The van der Waals surface area contributed by atoms with E-state index in [1.54, 1.807) is 0 Å². The second-order valence-corrected chi connectivity index (χ2v) is 8.22. The van der Waals surface area contributed by atoms with E-state index in [1.165, 1.54) is 0 Å². The summed E-state index contributed by atoms with van der Waals surface area (Å²) in [6.45, 7) is 3.84. The molecule has 1 rings (SSSR count). The fraction of sp³-hybridized carbons (Fsp3) is 0.905. The minimum atomic E-state index is -3.05. The maximum absolute atomic E-state index is 14.0. The summed E-state index contributed by atoms with van der Waals surface area (Å²) in [6.07, 6.45) is 4.26. The molecule has 1 aliphatic carbocycles. The molecule has 27 heavy (non-hydrogen) atoms. The predicted octanol–water partition coefficient (Wildman–Crippen LogP) is 5.22. The lowest BCUT2D eigenvalue weighted by atomic mass is 9.82. The molecule has 158 valence electrons. The van der Waals surface area contributed by atoms with Crippen LogP contribution in [0.15, 0.2) is 0 Å². The van der Waals surface area contributed by atoms with Crippen molar-refractivity contribution in [3.8, 4) is 0 Å². The number of unbranched alkanes of at least 4 members (excludes halogenated alkanes) is 4. The Morgan fingerprint density at radius 2 is 1.85 bits per heavy atom. The predicted molar refractivity (Wildman–Crippen MR) is 101 cm³/mol. The molecule has 1 fully saturated rings. The number of carboxylic acids is 1. The smallest absolute Gasteiger partial charge is 0.303 e. The van der Waals surface area contributed by atoms with Gasteiger partial charge in [0.05, 0.1) is 0 Å². The van der Waals surface area contributed by atoms with Gasteiger partial charge in [0.25, 0.3) is 5.92 Å². The van der Waals surface area contributed by atoms with Gasteiger partial charge in [-0.25, -0.2) is 8.78 Å². The number of carbonyl (C=O) groups excluding carboxylic acids is 1. The number of carboxylic acid groups (broad SMARTS) is 1. The maximum Gasteiger partial charge on any atom is 0.303 e. The Morgan fingerprint density at radius 1 is 1.19 bits per heavy atom. The molecule has 0 aromatic carbocycles. The highest BCUT2D eigenvalue weighted by Gasteiger charge is 2.42. The molecule has 0 bridgehead atoms. The molecular formula is C21H36F2O4. The monoisotopic (exact) mass is 390 g/mol. The molecular weight excluding hydrogens is 354 g/mol. The number of alkyl halides is 2. The van der Waals surface area contributed by atoms with Crippen LogP contribution in [-0.2, 0) is 9.59 Å². The van der Waals surface area contributed by atoms with Crippen LogP contribution in [0.2, 0.25) is 0 Å². The molecule has 6 heteroatoms. The second-order valence-electron chi connectivity index (χ2n) is 8.22. The molecule has 0 amide bonds. The third kappa shape index (κ3) is 8.24. The number of ketones is 1. The van der Waals surface area contributed by atoms with Crippen LogP contribution in [0.3, 0.4) is 0 Å². The summed E-state index contributed by atoms with van der Waals surface area (Å²) >= 11 is 0. The number of carbonyl (C=O) groups is 2. The first-order chi connectivity index (χ1) is 12.7. The third-order valence-corrected chi connectivity index (χ3v) is 5.96. The van der Waals surface area contributed by atoms with Crippen LogP contribution >= 0.6 is 0 Å². The highest BCUT2D eigenvalue weighted by Crippen LogP contribution is 2.41. The number of hydrogen-bond acceptors (Lipinski definition) is 3. The maximum atomic E-state index is 14.0. The molecule has 0 aliphatic heterocycles. The van der Waals surface area contributed by atoms with Crippen molar-refractivity contribution < 1.29 is 28.6 Å². The Kier molecular flexibility index (Phi) is 10.4. The van der Waals surface area contributed by atoms with E-state index < -0.39 is 18.0 Å². The van der Waals surface area contributed by atoms with Crippen LogP contribution in [0.25, 0.3) is 0 Å². The van der Waals surface area contributed by atoms with Crippen molar-refractivity contribution in [2.75, 3.05) is 0 Å². The lowest BCUT2D eigenvalue weighted by Gasteiger charge is -2.26. The zero-order chi connectivity index (χ0) is 20.4. The Labute approximate surface area is 161 Å². The number of aliphatic hydroxyl groups is 1. The quantitative estimate of drug-likeness (QED) is 0.399. The van der Waals surface area contributed by atoms with Crippen molar-refractivity contribution in [1.29, 1.82) is 0 Å². The zero-order valence-corrected chi connectivity index (χ0v) is 16.8. The van der Waals surface area contributed by atoms with Crippen LogP contribution < -0.4 is 0 Å². The molecule has 1 unspecified atom stereocenters. The fourth-order valence-corrected chi connectivity index (χ4v) is 4.25. The zero-order valence-electron chi connectivity index (χ0n) is 16.8. The molecule has 4 nitrogen and oxygen atoms in total. The first-order valence-corrected chi connectivity index (χ1v) is 10.5. The Bertz CT molecular complexity index is 467. The van der Waals surface area contributed by atoms with Gasteiger partial charge in [0, 0.05) is 25.2 Å². The summed E-state index contributed by atoms with van der Waals surface area (Å²) in [5, 5.41) is 18.6. The van der Waals surface area contributed by atoms with E-state index >= 15 is 0 Å². The summed E-state index contributed by atoms with van der Waals surface area (Å²) in [5.41, 5.74) is 0. The number of Topliss-reactive ketones (excluding diaryl/α,β-unsaturated/α-hetero) is 1. The van der Waals surface area contributed by atoms with Crippen LogP contribution in [0, 0.1) is 17.8 Å². The van der Waals surface area contributed by atoms with Crippen molar-refractivity contribution in [1.82, 2.24) is 0 Å². The third-order valence-electron chi connectivity index (χ3n) is 5.96. The van der Waals surface area contributed by atoms with E-state index in [-0.39, 0.29) is 42.8 Å². The van der Waals surface area contributed by atoms with E-state index in [0.29, 0.717) is 32.1 Å². The van der Waals surface area contributed by atoms with Crippen LogP contribution in [0.5, 0.6) is 0 Å². The summed E-state index contributed by atoms with van der Waals surface area (Å²) in [6, 6.07) is 0. The van der Waals surface area contributed by atoms with Gasteiger partial charge in [0.1, 0.15) is 11.9 Å². The normalized spacial score (nSPS) is 24.3. The summed E-state index contributed by atoms with van der Waals surface area (Å²) in [5.74, 6) is -3.49. The molecule has 0 aromatic heterocycles. The molecule has 0 radical (unpaired) electrons. The largest absolute Gasteiger partial charge is 0.481 e. The van der Waals surface area contributed by atoms with E-state index in [1.807, 2.05) is 13.8 Å². The first-order valence-electron chi connectivity index (χ1n) is 10.5. The van der Waals surface area contributed by atoms with E-state index in [9.17, 15) is 23.5 Å². The summed E-state index contributed by atoms with van der Waals surface area (Å²) < 4.78 is 27.9. The standard InChI is InChI=1S/C21H36F2O4/c1-3-4-13-21(22,23)19(25)12-11-16-15(2)14-18(24)17(16)9-7-5-6-8-10-20(26)27/h15-17,19,25H,3-14H2,1-2H3,(H,26,27)/t15-,16+,17-,19?/m1/s1. The number of aliphatic hydroxyl groups excluding tert-OH is 1. The molecule has 1 saturated carbocycles. The summed E-state index contributed by atoms with van der Waals surface area (Å²) in [7, 11) is 0. The molecule has 1 aliphatic rings. The van der Waals surface area contributed by atoms with Crippen molar-refractivity contribution in [3.63, 3.8) is 0 Å². The Hall–Kier alpha value is -1.04. The Balaban J connectivity index is 2.44. The minimum Gasteiger partial charge on any atom is -0.481 e. The lowest BCUT2D eigenvalue weighted by molar-refractivity contribution is -0.137. The topological polar surface area (TPSA) is 74.6 Å². The van der Waals surface area contributed by atoms with Gasteiger partial charge in [-0.15, -0.1) is 0 Å². The van der Waals surface area contributed by atoms with Crippen molar-refractivity contribution in [2.45, 2.75) is 103 Å².